The highest BCUT2D eigenvalue weighted by Crippen LogP contribution is 2.39. The van der Waals surface area contributed by atoms with Crippen LogP contribution < -0.4 is 5.32 Å². The summed E-state index contributed by atoms with van der Waals surface area (Å²) in [5.74, 6) is 0.800. The fraction of sp³-hybridized carbons (Fsp3) is 0.176. The van der Waals surface area contributed by atoms with E-state index >= 15 is 0 Å². The number of para-hydroxylation sites is 2. The maximum absolute atomic E-state index is 12.6. The number of aromatic amines is 1. The molecule has 23 heavy (non-hydrogen) atoms. The van der Waals surface area contributed by atoms with E-state index in [1.807, 2.05) is 24.3 Å². The maximum atomic E-state index is 12.6. The Bertz CT molecular complexity index is 794. The number of fused-ring (bicyclic) bond motifs is 1. The van der Waals surface area contributed by atoms with Crippen LogP contribution in [0.25, 0.3) is 11.0 Å². The molecule has 2 aromatic carbocycles. The van der Waals surface area contributed by atoms with Crippen molar-refractivity contribution >= 4 is 23.1 Å². The standard InChI is InChI=1S/C9H9F.C8H7N3O2/c10-9-3-1-2-8(6-9)7-4-5-7;12-8(13)11-7-9-5-3-1-2-4-6(5)10-7/h1-3,6-7H,4-5H2;1-4H,(H,12,13)(H2,9,10,11). The number of benzene rings is 2. The normalized spacial score (nSPS) is 13.3. The number of nitrogens with one attached hydrogen (secondary N) is 2. The lowest BCUT2D eigenvalue weighted by Gasteiger charge is -1.94. The zero-order valence-electron chi connectivity index (χ0n) is 12.3. The molecule has 1 heterocycles. The Balaban J connectivity index is 0.000000140. The largest absolute Gasteiger partial charge is 0.465 e. The third-order valence-electron chi connectivity index (χ3n) is 3.51. The molecule has 0 unspecified atom stereocenters. The number of amides is 1. The van der Waals surface area contributed by atoms with Crippen molar-refractivity contribution in [1.82, 2.24) is 9.97 Å². The number of rotatable bonds is 2. The van der Waals surface area contributed by atoms with Crippen LogP contribution in [-0.2, 0) is 0 Å². The molecule has 1 aliphatic rings. The first-order valence-corrected chi connectivity index (χ1v) is 7.32. The van der Waals surface area contributed by atoms with Crippen LogP contribution in [0.15, 0.2) is 48.5 Å². The van der Waals surface area contributed by atoms with E-state index in [0.29, 0.717) is 5.92 Å². The van der Waals surface area contributed by atoms with Gasteiger partial charge < -0.3 is 10.1 Å². The van der Waals surface area contributed by atoms with Gasteiger partial charge in [0, 0.05) is 0 Å². The molecule has 0 atom stereocenters. The molecule has 0 aliphatic heterocycles. The molecule has 1 aliphatic carbocycles. The molecular formula is C17H16FN3O2. The van der Waals surface area contributed by atoms with E-state index < -0.39 is 6.09 Å². The van der Waals surface area contributed by atoms with Gasteiger partial charge >= 0.3 is 6.09 Å². The van der Waals surface area contributed by atoms with Gasteiger partial charge in [0.2, 0.25) is 5.95 Å². The predicted octanol–water partition coefficient (Wildman–Crippen LogP) is 4.36. The molecule has 3 N–H and O–H groups in total. The number of anilines is 1. The zero-order valence-corrected chi connectivity index (χ0v) is 12.3. The van der Waals surface area contributed by atoms with Crippen LogP contribution in [0.1, 0.15) is 24.3 Å². The van der Waals surface area contributed by atoms with Crippen LogP contribution in [0.3, 0.4) is 0 Å². The van der Waals surface area contributed by atoms with Gasteiger partial charge in [0.1, 0.15) is 5.82 Å². The molecule has 1 fully saturated rings. The lowest BCUT2D eigenvalue weighted by atomic mass is 10.1. The molecule has 1 aromatic heterocycles. The minimum Gasteiger partial charge on any atom is -0.465 e. The van der Waals surface area contributed by atoms with E-state index in [1.165, 1.54) is 24.5 Å². The van der Waals surface area contributed by atoms with Gasteiger partial charge in [-0.15, -0.1) is 0 Å². The molecule has 0 spiro atoms. The van der Waals surface area contributed by atoms with Crippen molar-refractivity contribution < 1.29 is 14.3 Å². The van der Waals surface area contributed by atoms with Gasteiger partial charge in [0.05, 0.1) is 11.0 Å². The number of aromatic nitrogens is 2. The Morgan fingerprint density at radius 1 is 1.22 bits per heavy atom. The van der Waals surface area contributed by atoms with Gasteiger partial charge in [-0.25, -0.2) is 14.2 Å². The van der Waals surface area contributed by atoms with E-state index in [1.54, 1.807) is 18.2 Å². The van der Waals surface area contributed by atoms with E-state index in [4.69, 9.17) is 5.11 Å². The van der Waals surface area contributed by atoms with Gasteiger partial charge in [-0.3, -0.25) is 5.32 Å². The topological polar surface area (TPSA) is 78.0 Å². The summed E-state index contributed by atoms with van der Waals surface area (Å²) in [5, 5.41) is 10.6. The molecule has 0 saturated heterocycles. The summed E-state index contributed by atoms with van der Waals surface area (Å²) in [6, 6.07) is 14.2. The number of imidazole rings is 1. The van der Waals surface area contributed by atoms with E-state index in [9.17, 15) is 9.18 Å². The number of carbonyl (C=O) groups is 1. The SMILES string of the molecule is Fc1cccc(C2CC2)c1.O=C(O)Nc1nc2ccccc2[nH]1. The highest BCUT2D eigenvalue weighted by Gasteiger charge is 2.23. The summed E-state index contributed by atoms with van der Waals surface area (Å²) < 4.78 is 12.6. The lowest BCUT2D eigenvalue weighted by Crippen LogP contribution is -2.08. The van der Waals surface area contributed by atoms with Crippen molar-refractivity contribution in [3.8, 4) is 0 Å². The van der Waals surface area contributed by atoms with Crippen LogP contribution in [0.2, 0.25) is 0 Å². The summed E-state index contributed by atoms with van der Waals surface area (Å²) in [6.07, 6.45) is 1.35. The monoisotopic (exact) mass is 313 g/mol. The molecule has 5 nitrogen and oxygen atoms in total. The second kappa shape index (κ2) is 6.48. The third kappa shape index (κ3) is 4.06. The molecule has 3 aromatic rings. The Kier molecular flexibility index (Phi) is 4.23. The third-order valence-corrected chi connectivity index (χ3v) is 3.51. The second-order valence-electron chi connectivity index (χ2n) is 5.36. The number of halogens is 1. The zero-order chi connectivity index (χ0) is 16.2. The molecule has 6 heteroatoms. The van der Waals surface area contributed by atoms with E-state index in [0.717, 1.165) is 11.0 Å². The van der Waals surface area contributed by atoms with Crippen molar-refractivity contribution in [1.29, 1.82) is 0 Å². The van der Waals surface area contributed by atoms with Crippen molar-refractivity contribution in [2.24, 2.45) is 0 Å². The minimum atomic E-state index is -1.13. The summed E-state index contributed by atoms with van der Waals surface area (Å²) in [7, 11) is 0. The fourth-order valence-electron chi connectivity index (χ4n) is 2.29. The predicted molar refractivity (Wildman–Crippen MR) is 86.1 cm³/mol. The first-order valence-electron chi connectivity index (χ1n) is 7.32. The fourth-order valence-corrected chi connectivity index (χ4v) is 2.29. The maximum Gasteiger partial charge on any atom is 0.411 e. The Morgan fingerprint density at radius 2 is 2.00 bits per heavy atom. The highest BCUT2D eigenvalue weighted by atomic mass is 19.1. The number of H-pyrrole nitrogens is 1. The van der Waals surface area contributed by atoms with Crippen LogP contribution in [0, 0.1) is 5.82 Å². The van der Waals surface area contributed by atoms with Gasteiger partial charge in [0.15, 0.2) is 0 Å². The molecular weight excluding hydrogens is 297 g/mol. The molecule has 0 bridgehead atoms. The second-order valence-corrected chi connectivity index (χ2v) is 5.36. The highest BCUT2D eigenvalue weighted by molar-refractivity contribution is 5.84. The van der Waals surface area contributed by atoms with Crippen LogP contribution in [-0.4, -0.2) is 21.2 Å². The van der Waals surface area contributed by atoms with Crippen LogP contribution >= 0.6 is 0 Å². The molecule has 1 saturated carbocycles. The average Bonchev–Trinajstić information content (AvgIpc) is 3.28. The van der Waals surface area contributed by atoms with Crippen LogP contribution in [0.5, 0.6) is 0 Å². The first-order chi connectivity index (χ1) is 11.1. The quantitative estimate of drug-likeness (QED) is 0.658. The molecule has 118 valence electrons. The lowest BCUT2D eigenvalue weighted by molar-refractivity contribution is 0.209. The summed E-state index contributed by atoms with van der Waals surface area (Å²) in [6.45, 7) is 0. The molecule has 1 amide bonds. The average molecular weight is 313 g/mol. The summed E-state index contributed by atoms with van der Waals surface area (Å²) in [5.41, 5.74) is 2.72. The summed E-state index contributed by atoms with van der Waals surface area (Å²) >= 11 is 0. The molecule has 4 rings (SSSR count). The van der Waals surface area contributed by atoms with E-state index in [-0.39, 0.29) is 11.8 Å². The van der Waals surface area contributed by atoms with Crippen molar-refractivity contribution in [3.63, 3.8) is 0 Å². The van der Waals surface area contributed by atoms with Crippen LogP contribution in [0.4, 0.5) is 15.1 Å². The smallest absolute Gasteiger partial charge is 0.411 e. The van der Waals surface area contributed by atoms with Crippen molar-refractivity contribution in [2.45, 2.75) is 18.8 Å². The van der Waals surface area contributed by atoms with Gasteiger partial charge in [-0.2, -0.15) is 0 Å². The van der Waals surface area contributed by atoms with Crippen molar-refractivity contribution in [3.05, 3.63) is 59.9 Å². The number of hydrogen-bond donors (Lipinski definition) is 3. The van der Waals surface area contributed by atoms with Gasteiger partial charge in [-0.05, 0) is 48.6 Å². The molecule has 0 radical (unpaired) electrons. The summed E-state index contributed by atoms with van der Waals surface area (Å²) in [4.78, 5) is 17.1. The Morgan fingerprint density at radius 3 is 2.65 bits per heavy atom. The number of nitrogens with zero attached hydrogens (tertiary/aromatic N) is 1. The number of carboxylic acid groups (broad SMARTS) is 1. The minimum absolute atomic E-state index is 0.107. The van der Waals surface area contributed by atoms with Crippen molar-refractivity contribution in [2.75, 3.05) is 5.32 Å². The van der Waals surface area contributed by atoms with E-state index in [2.05, 4.69) is 15.3 Å². The van der Waals surface area contributed by atoms with Gasteiger partial charge in [-0.1, -0.05) is 24.3 Å². The van der Waals surface area contributed by atoms with Gasteiger partial charge in [0.25, 0.3) is 0 Å². The Labute approximate surface area is 132 Å². The number of hydrogen-bond acceptors (Lipinski definition) is 2. The first kappa shape index (κ1) is 15.0. The Hall–Kier alpha value is -2.89.